The second-order valence-corrected chi connectivity index (χ2v) is 6.25. The van der Waals surface area contributed by atoms with Gasteiger partial charge in [-0.25, -0.2) is 14.5 Å². The average molecular weight is 325 g/mol. The van der Waals surface area contributed by atoms with Crippen molar-refractivity contribution in [1.82, 2.24) is 19.3 Å². The predicted molar refractivity (Wildman–Crippen MR) is 83.6 cm³/mol. The largest absolute Gasteiger partial charge is 0.347 e. The molecule has 0 fully saturated rings. The number of halogens is 2. The summed E-state index contributed by atoms with van der Waals surface area (Å²) in [6.45, 7) is 5.77. The molecule has 0 N–H and O–H groups in total. The van der Waals surface area contributed by atoms with Crippen molar-refractivity contribution < 1.29 is 0 Å². The Hall–Kier alpha value is -1.77. The zero-order valence-electron chi connectivity index (χ0n) is 11.9. The fourth-order valence-corrected chi connectivity index (χ4v) is 2.34. The summed E-state index contributed by atoms with van der Waals surface area (Å²) in [4.78, 5) is 16.3. The molecule has 2 aromatic heterocycles. The van der Waals surface area contributed by atoms with Crippen LogP contribution in [0.3, 0.4) is 0 Å². The molecule has 5 nitrogen and oxygen atoms in total. The first kappa shape index (κ1) is 15.6. The molecule has 0 radical (unpaired) electrons. The van der Waals surface area contributed by atoms with Crippen molar-refractivity contribution in [3.05, 3.63) is 32.9 Å². The highest BCUT2D eigenvalue weighted by atomic mass is 35.5. The van der Waals surface area contributed by atoms with Crippen LogP contribution in [-0.4, -0.2) is 19.3 Å². The SMILES string of the molecule is C#CCn1c(-c2cc(Cl)nc(Cl)c2)nn(C(C)(C)C)c1=O. The lowest BCUT2D eigenvalue weighted by atomic mass is 10.1. The van der Waals surface area contributed by atoms with E-state index < -0.39 is 5.54 Å². The van der Waals surface area contributed by atoms with Crippen LogP contribution in [0.4, 0.5) is 0 Å². The van der Waals surface area contributed by atoms with Crippen LogP contribution in [0.2, 0.25) is 10.3 Å². The smallest absolute Gasteiger partial charge is 0.263 e. The van der Waals surface area contributed by atoms with Crippen LogP contribution in [-0.2, 0) is 12.1 Å². The monoisotopic (exact) mass is 324 g/mol. The molecule has 110 valence electrons. The molecule has 0 aromatic carbocycles. The van der Waals surface area contributed by atoms with E-state index in [0.29, 0.717) is 11.4 Å². The number of nitrogens with zero attached hydrogens (tertiary/aromatic N) is 4. The molecule has 0 amide bonds. The molecule has 0 atom stereocenters. The number of aromatic nitrogens is 4. The number of rotatable bonds is 2. The van der Waals surface area contributed by atoms with Gasteiger partial charge in [-0.3, -0.25) is 4.57 Å². The minimum Gasteiger partial charge on any atom is -0.263 e. The molecular weight excluding hydrogens is 311 g/mol. The Kier molecular flexibility index (Phi) is 4.13. The van der Waals surface area contributed by atoms with Gasteiger partial charge in [0, 0.05) is 5.56 Å². The third-order valence-corrected chi connectivity index (χ3v) is 3.16. The predicted octanol–water partition coefficient (Wildman–Crippen LogP) is 2.80. The van der Waals surface area contributed by atoms with E-state index in [9.17, 15) is 4.79 Å². The first-order valence-corrected chi connectivity index (χ1v) is 6.97. The van der Waals surface area contributed by atoms with Crippen molar-refractivity contribution in [1.29, 1.82) is 0 Å². The third-order valence-electron chi connectivity index (χ3n) is 2.77. The zero-order chi connectivity index (χ0) is 15.8. The molecular formula is C14H14Cl2N4O. The second-order valence-electron chi connectivity index (χ2n) is 5.48. The summed E-state index contributed by atoms with van der Waals surface area (Å²) in [5, 5.41) is 4.83. The van der Waals surface area contributed by atoms with E-state index >= 15 is 0 Å². The van der Waals surface area contributed by atoms with E-state index in [-0.39, 0.29) is 22.5 Å². The normalized spacial score (nSPS) is 11.4. The number of hydrogen-bond acceptors (Lipinski definition) is 3. The van der Waals surface area contributed by atoms with Crippen LogP contribution in [0.25, 0.3) is 11.4 Å². The van der Waals surface area contributed by atoms with Crippen LogP contribution < -0.4 is 5.69 Å². The van der Waals surface area contributed by atoms with Gasteiger partial charge in [0.15, 0.2) is 5.82 Å². The molecule has 0 spiro atoms. The molecule has 0 bridgehead atoms. The maximum atomic E-state index is 12.5. The number of hydrogen-bond donors (Lipinski definition) is 0. The van der Waals surface area contributed by atoms with E-state index in [4.69, 9.17) is 29.6 Å². The van der Waals surface area contributed by atoms with Gasteiger partial charge in [0.25, 0.3) is 0 Å². The van der Waals surface area contributed by atoms with E-state index in [0.717, 1.165) is 0 Å². The number of pyridine rings is 1. The molecule has 21 heavy (non-hydrogen) atoms. The summed E-state index contributed by atoms with van der Waals surface area (Å²) in [5.74, 6) is 2.87. The van der Waals surface area contributed by atoms with Gasteiger partial charge in [-0.15, -0.1) is 11.5 Å². The molecule has 0 saturated heterocycles. The third kappa shape index (κ3) is 3.12. The summed E-state index contributed by atoms with van der Waals surface area (Å²) in [7, 11) is 0. The van der Waals surface area contributed by atoms with Crippen LogP contribution in [0.5, 0.6) is 0 Å². The summed E-state index contributed by atoms with van der Waals surface area (Å²) in [6, 6.07) is 3.18. The molecule has 2 heterocycles. The Morgan fingerprint density at radius 3 is 2.33 bits per heavy atom. The molecule has 2 rings (SSSR count). The number of terminal acetylenes is 1. The van der Waals surface area contributed by atoms with Crippen LogP contribution >= 0.6 is 23.2 Å². The maximum absolute atomic E-state index is 12.5. The van der Waals surface area contributed by atoms with Crippen molar-refractivity contribution in [3.8, 4) is 23.7 Å². The van der Waals surface area contributed by atoms with Gasteiger partial charge in [-0.05, 0) is 32.9 Å². The lowest BCUT2D eigenvalue weighted by Crippen LogP contribution is -2.35. The standard InChI is InChI=1S/C14H14Cl2N4O/c1-5-6-19-12(9-7-10(15)17-11(16)8-9)18-20(13(19)21)14(2,3)4/h1,7-8H,6H2,2-4H3. The van der Waals surface area contributed by atoms with E-state index in [1.807, 2.05) is 20.8 Å². The first-order chi connectivity index (χ1) is 9.74. The highest BCUT2D eigenvalue weighted by molar-refractivity contribution is 6.32. The summed E-state index contributed by atoms with van der Waals surface area (Å²) in [5.41, 5.74) is -0.151. The topological polar surface area (TPSA) is 52.7 Å². The highest BCUT2D eigenvalue weighted by Crippen LogP contribution is 2.23. The van der Waals surface area contributed by atoms with Crippen molar-refractivity contribution in [3.63, 3.8) is 0 Å². The Balaban J connectivity index is 2.74. The Morgan fingerprint density at radius 1 is 1.29 bits per heavy atom. The van der Waals surface area contributed by atoms with Gasteiger partial charge in [0.05, 0.1) is 12.1 Å². The molecule has 7 heteroatoms. The molecule has 0 saturated carbocycles. The zero-order valence-corrected chi connectivity index (χ0v) is 13.4. The van der Waals surface area contributed by atoms with Gasteiger partial charge < -0.3 is 0 Å². The van der Waals surface area contributed by atoms with Crippen LogP contribution in [0.1, 0.15) is 20.8 Å². The second kappa shape index (κ2) is 5.55. The van der Waals surface area contributed by atoms with E-state index in [1.165, 1.54) is 9.25 Å². The minimum absolute atomic E-state index is 0.113. The maximum Gasteiger partial charge on any atom is 0.347 e. The van der Waals surface area contributed by atoms with E-state index in [2.05, 4.69) is 16.0 Å². The summed E-state index contributed by atoms with van der Waals surface area (Å²) in [6.07, 6.45) is 5.34. The van der Waals surface area contributed by atoms with Crippen LogP contribution in [0, 0.1) is 12.3 Å². The minimum atomic E-state index is -0.466. The molecule has 0 unspecified atom stereocenters. The fraction of sp³-hybridized carbons (Fsp3) is 0.357. The highest BCUT2D eigenvalue weighted by Gasteiger charge is 2.23. The first-order valence-electron chi connectivity index (χ1n) is 6.21. The lowest BCUT2D eigenvalue weighted by molar-refractivity contribution is 0.341. The quantitative estimate of drug-likeness (QED) is 0.630. The van der Waals surface area contributed by atoms with Crippen molar-refractivity contribution in [2.24, 2.45) is 0 Å². The van der Waals surface area contributed by atoms with Crippen molar-refractivity contribution >= 4 is 23.2 Å². The van der Waals surface area contributed by atoms with Crippen molar-refractivity contribution in [2.45, 2.75) is 32.9 Å². The molecule has 0 aliphatic heterocycles. The van der Waals surface area contributed by atoms with Gasteiger partial charge in [-0.2, -0.15) is 0 Å². The summed E-state index contributed by atoms with van der Waals surface area (Å²) < 4.78 is 2.80. The van der Waals surface area contributed by atoms with Gasteiger partial charge >= 0.3 is 5.69 Å². The average Bonchev–Trinajstić information content (AvgIpc) is 2.66. The van der Waals surface area contributed by atoms with E-state index in [1.54, 1.807) is 12.1 Å². The molecule has 0 aliphatic carbocycles. The van der Waals surface area contributed by atoms with Gasteiger partial charge in [0.1, 0.15) is 10.3 Å². The summed E-state index contributed by atoms with van der Waals surface area (Å²) >= 11 is 11.8. The molecule has 0 aliphatic rings. The molecule has 2 aromatic rings. The van der Waals surface area contributed by atoms with Crippen molar-refractivity contribution in [2.75, 3.05) is 0 Å². The Bertz CT molecular complexity index is 757. The lowest BCUT2D eigenvalue weighted by Gasteiger charge is -2.16. The van der Waals surface area contributed by atoms with Gasteiger partial charge in [-0.1, -0.05) is 29.1 Å². The Labute approximate surface area is 132 Å². The van der Waals surface area contributed by atoms with Crippen LogP contribution in [0.15, 0.2) is 16.9 Å². The van der Waals surface area contributed by atoms with Gasteiger partial charge in [0.2, 0.25) is 0 Å². The Morgan fingerprint density at radius 2 is 1.86 bits per heavy atom. The fourth-order valence-electron chi connectivity index (χ4n) is 1.87.